The molecule has 0 unspecified atom stereocenters. The molecular formula is C20H22N2O3S. The number of carbonyl (C=O) groups excluding carboxylic acids is 2. The zero-order valence-electron chi connectivity index (χ0n) is 15.2. The smallest absolute Gasteiger partial charge is 0.341 e. The first-order chi connectivity index (χ1) is 12.5. The predicted octanol–water partition coefficient (Wildman–Crippen LogP) is 4.24. The fourth-order valence-electron chi connectivity index (χ4n) is 2.70. The number of aryl methyl sites for hydroxylation is 2. The van der Waals surface area contributed by atoms with Crippen LogP contribution in [0.3, 0.4) is 0 Å². The molecule has 26 heavy (non-hydrogen) atoms. The average molecular weight is 370 g/mol. The van der Waals surface area contributed by atoms with Crippen LogP contribution in [0.15, 0.2) is 24.3 Å². The van der Waals surface area contributed by atoms with Crippen molar-refractivity contribution in [2.24, 2.45) is 0 Å². The van der Waals surface area contributed by atoms with E-state index in [2.05, 4.69) is 11.4 Å². The number of thiophene rings is 1. The van der Waals surface area contributed by atoms with Crippen LogP contribution in [0, 0.1) is 18.3 Å². The number of nitriles is 1. The molecule has 0 aliphatic rings. The molecule has 5 nitrogen and oxygen atoms in total. The number of esters is 1. The number of nitrogens with one attached hydrogen (secondary N) is 1. The topological polar surface area (TPSA) is 79.2 Å². The van der Waals surface area contributed by atoms with Crippen LogP contribution in [0.5, 0.6) is 0 Å². The highest BCUT2D eigenvalue weighted by atomic mass is 32.1. The molecule has 0 aliphatic carbocycles. The summed E-state index contributed by atoms with van der Waals surface area (Å²) in [7, 11) is 0. The molecule has 0 aliphatic heterocycles. The highest BCUT2D eigenvalue weighted by Crippen LogP contribution is 2.34. The third-order valence-corrected chi connectivity index (χ3v) is 5.08. The van der Waals surface area contributed by atoms with Gasteiger partial charge >= 0.3 is 5.97 Å². The Morgan fingerprint density at radius 2 is 1.92 bits per heavy atom. The molecule has 0 spiro atoms. The first-order valence-corrected chi connectivity index (χ1v) is 9.40. The van der Waals surface area contributed by atoms with Gasteiger partial charge in [-0.25, -0.2) is 4.79 Å². The number of anilines is 1. The molecule has 0 saturated carbocycles. The lowest BCUT2D eigenvalue weighted by Crippen LogP contribution is -2.15. The van der Waals surface area contributed by atoms with Crippen LogP contribution in [-0.4, -0.2) is 18.5 Å². The number of amides is 1. The third-order valence-electron chi connectivity index (χ3n) is 4.02. The van der Waals surface area contributed by atoms with Crippen molar-refractivity contribution >= 4 is 28.2 Å². The monoisotopic (exact) mass is 370 g/mol. The molecule has 2 rings (SSSR count). The SMILES string of the molecule is CCOC(=O)c1c(NC(=O)CCc2ccc(C#N)cc2)sc(C)c1CC. The molecule has 2 aromatic rings. The molecular weight excluding hydrogens is 348 g/mol. The lowest BCUT2D eigenvalue weighted by atomic mass is 10.1. The summed E-state index contributed by atoms with van der Waals surface area (Å²) in [5, 5.41) is 12.2. The highest BCUT2D eigenvalue weighted by molar-refractivity contribution is 7.16. The van der Waals surface area contributed by atoms with E-state index in [9.17, 15) is 9.59 Å². The number of ether oxygens (including phenoxy) is 1. The van der Waals surface area contributed by atoms with E-state index < -0.39 is 5.97 Å². The summed E-state index contributed by atoms with van der Waals surface area (Å²) < 4.78 is 5.15. The van der Waals surface area contributed by atoms with Crippen molar-refractivity contribution in [1.82, 2.24) is 0 Å². The molecule has 1 amide bonds. The van der Waals surface area contributed by atoms with Gasteiger partial charge in [0.15, 0.2) is 0 Å². The van der Waals surface area contributed by atoms with E-state index in [1.807, 2.05) is 26.0 Å². The van der Waals surface area contributed by atoms with Crippen LogP contribution in [0.4, 0.5) is 5.00 Å². The fourth-order valence-corrected chi connectivity index (χ4v) is 3.85. The minimum absolute atomic E-state index is 0.149. The van der Waals surface area contributed by atoms with Gasteiger partial charge in [0.05, 0.1) is 23.8 Å². The fraction of sp³-hybridized carbons (Fsp3) is 0.350. The zero-order chi connectivity index (χ0) is 19.1. The van der Waals surface area contributed by atoms with Crippen molar-refractivity contribution in [2.45, 2.75) is 40.0 Å². The van der Waals surface area contributed by atoms with Crippen molar-refractivity contribution in [1.29, 1.82) is 5.26 Å². The maximum Gasteiger partial charge on any atom is 0.341 e. The Labute approximate surface area is 157 Å². The predicted molar refractivity (Wildman–Crippen MR) is 102 cm³/mol. The molecule has 0 atom stereocenters. The van der Waals surface area contributed by atoms with Crippen molar-refractivity contribution in [2.75, 3.05) is 11.9 Å². The van der Waals surface area contributed by atoms with Gasteiger partial charge in [-0.2, -0.15) is 5.26 Å². The summed E-state index contributed by atoms with van der Waals surface area (Å²) in [6, 6.07) is 9.24. The number of rotatable bonds is 7. The van der Waals surface area contributed by atoms with Gasteiger partial charge in [-0.15, -0.1) is 11.3 Å². The van der Waals surface area contributed by atoms with Crippen LogP contribution in [0.1, 0.15) is 52.2 Å². The zero-order valence-corrected chi connectivity index (χ0v) is 16.0. The lowest BCUT2D eigenvalue weighted by molar-refractivity contribution is -0.116. The summed E-state index contributed by atoms with van der Waals surface area (Å²) in [6.07, 6.45) is 1.57. The summed E-state index contributed by atoms with van der Waals surface area (Å²) in [4.78, 5) is 25.6. The van der Waals surface area contributed by atoms with Gasteiger partial charge in [0.2, 0.25) is 5.91 Å². The molecule has 0 radical (unpaired) electrons. The van der Waals surface area contributed by atoms with Gasteiger partial charge < -0.3 is 10.1 Å². The van der Waals surface area contributed by atoms with Gasteiger partial charge in [-0.3, -0.25) is 4.79 Å². The second kappa shape index (κ2) is 9.16. The minimum Gasteiger partial charge on any atom is -0.462 e. The van der Waals surface area contributed by atoms with E-state index in [0.717, 1.165) is 16.0 Å². The average Bonchev–Trinajstić information content (AvgIpc) is 2.95. The van der Waals surface area contributed by atoms with E-state index in [1.54, 1.807) is 19.1 Å². The highest BCUT2D eigenvalue weighted by Gasteiger charge is 2.23. The van der Waals surface area contributed by atoms with Gasteiger partial charge in [0, 0.05) is 11.3 Å². The molecule has 1 aromatic heterocycles. The van der Waals surface area contributed by atoms with Gasteiger partial charge in [-0.1, -0.05) is 19.1 Å². The van der Waals surface area contributed by atoms with Crippen LogP contribution in [-0.2, 0) is 22.4 Å². The van der Waals surface area contributed by atoms with Crippen LogP contribution >= 0.6 is 11.3 Å². The Bertz CT molecular complexity index is 832. The van der Waals surface area contributed by atoms with Crippen LogP contribution in [0.2, 0.25) is 0 Å². The molecule has 1 aromatic carbocycles. The van der Waals surface area contributed by atoms with E-state index in [1.165, 1.54) is 11.3 Å². The molecule has 6 heteroatoms. The van der Waals surface area contributed by atoms with E-state index >= 15 is 0 Å². The van der Waals surface area contributed by atoms with E-state index in [-0.39, 0.29) is 5.91 Å². The summed E-state index contributed by atoms with van der Waals surface area (Å²) in [5.41, 5.74) is 2.99. The maximum atomic E-state index is 12.3. The second-order valence-electron chi connectivity index (χ2n) is 5.77. The Morgan fingerprint density at radius 1 is 1.23 bits per heavy atom. The van der Waals surface area contributed by atoms with Crippen LogP contribution in [0.25, 0.3) is 0 Å². The Kier molecular flexibility index (Phi) is 6.93. The number of nitrogens with zero attached hydrogens (tertiary/aromatic N) is 1. The lowest BCUT2D eigenvalue weighted by Gasteiger charge is -2.08. The Morgan fingerprint density at radius 3 is 2.50 bits per heavy atom. The van der Waals surface area contributed by atoms with Crippen molar-refractivity contribution in [3.8, 4) is 6.07 Å². The van der Waals surface area contributed by atoms with Gasteiger partial charge in [0.25, 0.3) is 0 Å². The van der Waals surface area contributed by atoms with E-state index in [0.29, 0.717) is 42.0 Å². The van der Waals surface area contributed by atoms with Gasteiger partial charge in [0.1, 0.15) is 5.00 Å². The number of carbonyl (C=O) groups is 2. The largest absolute Gasteiger partial charge is 0.462 e. The number of benzene rings is 1. The Balaban J connectivity index is 2.08. The van der Waals surface area contributed by atoms with Crippen LogP contribution < -0.4 is 5.32 Å². The summed E-state index contributed by atoms with van der Waals surface area (Å²) >= 11 is 1.41. The minimum atomic E-state index is -0.393. The molecule has 0 fully saturated rings. The normalized spacial score (nSPS) is 10.2. The molecule has 136 valence electrons. The van der Waals surface area contributed by atoms with Crippen molar-refractivity contribution in [3.05, 3.63) is 51.4 Å². The summed E-state index contributed by atoms with van der Waals surface area (Å²) in [6.45, 7) is 5.98. The van der Waals surface area contributed by atoms with Crippen molar-refractivity contribution in [3.63, 3.8) is 0 Å². The molecule has 0 saturated heterocycles. The number of hydrogen-bond donors (Lipinski definition) is 1. The first kappa shape index (κ1) is 19.7. The van der Waals surface area contributed by atoms with Gasteiger partial charge in [-0.05, 0) is 49.9 Å². The standard InChI is InChI=1S/C20H22N2O3S/c1-4-16-13(3)26-19(18(16)20(24)25-5-2)22-17(23)11-10-14-6-8-15(12-21)9-7-14/h6-9H,4-5,10-11H2,1-3H3,(H,22,23). The van der Waals surface area contributed by atoms with Crippen molar-refractivity contribution < 1.29 is 14.3 Å². The Hall–Kier alpha value is -2.65. The molecule has 1 heterocycles. The summed E-state index contributed by atoms with van der Waals surface area (Å²) in [5.74, 6) is -0.542. The third kappa shape index (κ3) is 4.70. The second-order valence-corrected chi connectivity index (χ2v) is 7.00. The van der Waals surface area contributed by atoms with E-state index in [4.69, 9.17) is 10.00 Å². The molecule has 1 N–H and O–H groups in total. The number of hydrogen-bond acceptors (Lipinski definition) is 5. The maximum absolute atomic E-state index is 12.3. The quantitative estimate of drug-likeness (QED) is 0.739. The molecule has 0 bridgehead atoms. The first-order valence-electron chi connectivity index (χ1n) is 8.58.